The first kappa shape index (κ1) is 19.9. The molecule has 1 aromatic rings. The topological polar surface area (TPSA) is 103 Å². The number of benzene rings is 1. The van der Waals surface area contributed by atoms with Gasteiger partial charge >= 0.3 is 0 Å². The van der Waals surface area contributed by atoms with Gasteiger partial charge in [0.25, 0.3) is 0 Å². The second-order valence-electron chi connectivity index (χ2n) is 6.39. The van der Waals surface area contributed by atoms with E-state index >= 15 is 0 Å². The number of ether oxygens (including phenoxy) is 1. The first-order valence-electron chi connectivity index (χ1n) is 8.10. The summed E-state index contributed by atoms with van der Waals surface area (Å²) in [4.78, 5) is 11.8. The summed E-state index contributed by atoms with van der Waals surface area (Å²) in [6.45, 7) is 4.07. The summed E-state index contributed by atoms with van der Waals surface area (Å²) in [6.07, 6.45) is 1.30. The molecule has 0 radical (unpaired) electrons. The first-order valence-corrected chi connectivity index (χ1v) is 8.10. The normalized spacial score (nSPS) is 12.3. The molecule has 0 aliphatic carbocycles. The molecule has 24 heavy (non-hydrogen) atoms. The molecule has 1 atom stereocenters. The molecule has 0 aromatic heterocycles. The minimum absolute atomic E-state index is 0.256. The second kappa shape index (κ2) is 9.91. The highest BCUT2D eigenvalue weighted by Gasteiger charge is 2.32. The van der Waals surface area contributed by atoms with Crippen LogP contribution < -0.4 is 10.1 Å². The number of carbonyl (C=O) groups is 1. The summed E-state index contributed by atoms with van der Waals surface area (Å²) in [5.74, 6) is 0.277. The van der Waals surface area contributed by atoms with E-state index in [-0.39, 0.29) is 6.61 Å². The van der Waals surface area contributed by atoms with Gasteiger partial charge in [-0.1, -0.05) is 13.8 Å². The fourth-order valence-electron chi connectivity index (χ4n) is 1.97. The van der Waals surface area contributed by atoms with Crippen LogP contribution in [-0.4, -0.2) is 42.0 Å². The van der Waals surface area contributed by atoms with E-state index in [1.165, 1.54) is 0 Å². The Morgan fingerprint density at radius 1 is 1.29 bits per heavy atom. The number of aliphatic hydroxyl groups excluding tert-OH is 2. The Labute approximate surface area is 143 Å². The molecule has 132 valence electrons. The average molecular weight is 334 g/mol. The molecule has 0 bridgehead atoms. The highest BCUT2D eigenvalue weighted by atomic mass is 16.5. The van der Waals surface area contributed by atoms with Crippen LogP contribution >= 0.6 is 0 Å². The Morgan fingerprint density at radius 2 is 1.96 bits per heavy atom. The fraction of sp³-hybridized carbons (Fsp3) is 0.556. The maximum absolute atomic E-state index is 11.8. The van der Waals surface area contributed by atoms with Crippen molar-refractivity contribution in [2.75, 3.05) is 19.8 Å². The number of nitriles is 1. The van der Waals surface area contributed by atoms with Crippen LogP contribution in [0.2, 0.25) is 0 Å². The van der Waals surface area contributed by atoms with Gasteiger partial charge in [0.15, 0.2) is 0 Å². The predicted molar refractivity (Wildman–Crippen MR) is 90.4 cm³/mol. The highest BCUT2D eigenvalue weighted by Crippen LogP contribution is 2.19. The van der Waals surface area contributed by atoms with Crippen molar-refractivity contribution < 1.29 is 19.7 Å². The average Bonchev–Trinajstić information content (AvgIpc) is 2.60. The van der Waals surface area contributed by atoms with Crippen LogP contribution in [0.5, 0.6) is 5.75 Å². The maximum Gasteiger partial charge on any atom is 0.249 e. The van der Waals surface area contributed by atoms with Crippen molar-refractivity contribution in [1.29, 1.82) is 5.26 Å². The second-order valence-corrected chi connectivity index (χ2v) is 6.39. The number of nitrogens with zero attached hydrogens (tertiary/aromatic N) is 1. The van der Waals surface area contributed by atoms with E-state index < -0.39 is 17.4 Å². The molecule has 6 nitrogen and oxygen atoms in total. The molecular formula is C18H26N2O4. The lowest BCUT2D eigenvalue weighted by atomic mass is 9.87. The molecule has 0 heterocycles. The molecule has 0 aliphatic heterocycles. The lowest BCUT2D eigenvalue weighted by Crippen LogP contribution is -2.45. The van der Waals surface area contributed by atoms with Gasteiger partial charge in [0.05, 0.1) is 24.8 Å². The van der Waals surface area contributed by atoms with E-state index in [2.05, 4.69) is 11.4 Å². The van der Waals surface area contributed by atoms with Gasteiger partial charge in [0.1, 0.15) is 11.9 Å². The number of hydrogen-bond donors (Lipinski definition) is 3. The largest absolute Gasteiger partial charge is 0.494 e. The van der Waals surface area contributed by atoms with Crippen molar-refractivity contribution in [1.82, 2.24) is 5.32 Å². The summed E-state index contributed by atoms with van der Waals surface area (Å²) >= 11 is 0. The van der Waals surface area contributed by atoms with Crippen LogP contribution in [0, 0.1) is 16.7 Å². The number of amides is 1. The van der Waals surface area contributed by atoms with Crippen molar-refractivity contribution in [2.45, 2.75) is 39.2 Å². The zero-order valence-corrected chi connectivity index (χ0v) is 14.3. The van der Waals surface area contributed by atoms with Crippen LogP contribution in [0.1, 0.15) is 38.7 Å². The molecule has 0 unspecified atom stereocenters. The molecular weight excluding hydrogens is 308 g/mol. The summed E-state index contributed by atoms with van der Waals surface area (Å²) < 4.78 is 5.57. The van der Waals surface area contributed by atoms with Crippen molar-refractivity contribution in [2.24, 2.45) is 5.41 Å². The minimum Gasteiger partial charge on any atom is -0.494 e. The van der Waals surface area contributed by atoms with Gasteiger partial charge in [0.2, 0.25) is 5.91 Å². The van der Waals surface area contributed by atoms with Crippen LogP contribution in [0.15, 0.2) is 24.3 Å². The van der Waals surface area contributed by atoms with Crippen LogP contribution in [0.25, 0.3) is 0 Å². The summed E-state index contributed by atoms with van der Waals surface area (Å²) in [6, 6.07) is 9.01. The van der Waals surface area contributed by atoms with E-state index in [1.54, 1.807) is 38.1 Å². The zero-order valence-electron chi connectivity index (χ0n) is 14.3. The third-order valence-corrected chi connectivity index (χ3v) is 3.77. The van der Waals surface area contributed by atoms with Crippen LogP contribution in [0.3, 0.4) is 0 Å². The quantitative estimate of drug-likeness (QED) is 0.564. The van der Waals surface area contributed by atoms with Crippen molar-refractivity contribution >= 4 is 5.91 Å². The van der Waals surface area contributed by atoms with Gasteiger partial charge in [-0.3, -0.25) is 4.79 Å². The van der Waals surface area contributed by atoms with E-state index in [4.69, 9.17) is 15.1 Å². The number of unbranched alkanes of at least 4 members (excludes halogenated alkanes) is 2. The number of carbonyl (C=O) groups excluding carboxylic acids is 1. The van der Waals surface area contributed by atoms with Gasteiger partial charge in [-0.05, 0) is 43.5 Å². The van der Waals surface area contributed by atoms with Crippen molar-refractivity contribution in [3.05, 3.63) is 29.8 Å². The standard InChI is InChI=1S/C18H26N2O4/c1-18(2,13-21)16(22)17(23)20-10-4-3-5-11-24-15-8-6-14(12-19)7-9-15/h6-9,16,21-22H,3-5,10-11,13H2,1-2H3,(H,20,23)/t16-/m0/s1. The molecule has 0 aliphatic rings. The zero-order chi connectivity index (χ0) is 18.0. The molecule has 6 heteroatoms. The van der Waals surface area contributed by atoms with Gasteiger partial charge in [-0.25, -0.2) is 0 Å². The fourth-order valence-corrected chi connectivity index (χ4v) is 1.97. The number of nitrogens with one attached hydrogen (secondary N) is 1. The van der Waals surface area contributed by atoms with Crippen molar-refractivity contribution in [3.63, 3.8) is 0 Å². The van der Waals surface area contributed by atoms with Crippen LogP contribution in [0.4, 0.5) is 0 Å². The Morgan fingerprint density at radius 3 is 2.54 bits per heavy atom. The lowest BCUT2D eigenvalue weighted by Gasteiger charge is -2.27. The van der Waals surface area contributed by atoms with Gasteiger partial charge in [-0.15, -0.1) is 0 Å². The van der Waals surface area contributed by atoms with Crippen LogP contribution in [-0.2, 0) is 4.79 Å². The molecule has 0 fully saturated rings. The molecule has 0 spiro atoms. The van der Waals surface area contributed by atoms with Gasteiger partial charge < -0.3 is 20.3 Å². The molecule has 1 amide bonds. The smallest absolute Gasteiger partial charge is 0.249 e. The number of aliphatic hydroxyl groups is 2. The third-order valence-electron chi connectivity index (χ3n) is 3.77. The molecule has 0 saturated heterocycles. The Hall–Kier alpha value is -2.10. The summed E-state index contributed by atoms with van der Waals surface area (Å²) in [5.41, 5.74) is -0.247. The molecule has 3 N–H and O–H groups in total. The molecule has 0 saturated carbocycles. The summed E-state index contributed by atoms with van der Waals surface area (Å²) in [7, 11) is 0. The third kappa shape index (κ3) is 6.57. The number of rotatable bonds is 10. The predicted octanol–water partition coefficient (Wildman–Crippen LogP) is 1.60. The van der Waals surface area contributed by atoms with E-state index in [9.17, 15) is 9.90 Å². The minimum atomic E-state index is -1.22. The van der Waals surface area contributed by atoms with E-state index in [0.717, 1.165) is 25.0 Å². The molecule has 1 aromatic carbocycles. The Kier molecular flexibility index (Phi) is 8.24. The van der Waals surface area contributed by atoms with E-state index in [1.807, 2.05) is 0 Å². The van der Waals surface area contributed by atoms with Gasteiger partial charge in [0, 0.05) is 12.0 Å². The monoisotopic (exact) mass is 334 g/mol. The highest BCUT2D eigenvalue weighted by molar-refractivity contribution is 5.81. The summed E-state index contributed by atoms with van der Waals surface area (Å²) in [5, 5.41) is 30.4. The maximum atomic E-state index is 11.8. The Bertz CT molecular complexity index is 549. The SMILES string of the molecule is CC(C)(CO)[C@@H](O)C(=O)NCCCCCOc1ccc(C#N)cc1. The van der Waals surface area contributed by atoms with Gasteiger partial charge in [-0.2, -0.15) is 5.26 Å². The lowest BCUT2D eigenvalue weighted by molar-refractivity contribution is -0.137. The Balaban J connectivity index is 2.12. The first-order chi connectivity index (χ1) is 11.4. The van der Waals surface area contributed by atoms with E-state index in [0.29, 0.717) is 18.7 Å². The number of hydrogen-bond acceptors (Lipinski definition) is 5. The molecule has 1 rings (SSSR count). The van der Waals surface area contributed by atoms with Crippen molar-refractivity contribution in [3.8, 4) is 11.8 Å².